The Morgan fingerprint density at radius 3 is 2.38 bits per heavy atom. The Kier molecular flexibility index (Phi) is 2.88. The van der Waals surface area contributed by atoms with Crippen molar-refractivity contribution in [3.8, 4) is 0 Å². The second kappa shape index (κ2) is 4.22. The first-order valence-corrected chi connectivity index (χ1v) is 6.49. The van der Waals surface area contributed by atoms with E-state index in [1.165, 1.54) is 25.7 Å². The molecule has 0 spiro atoms. The Bertz CT molecular complexity index is 251. The van der Waals surface area contributed by atoms with Crippen LogP contribution in [0, 0.1) is 11.8 Å². The van der Waals surface area contributed by atoms with Gasteiger partial charge in [-0.15, -0.1) is 0 Å². The molecule has 3 rings (SSSR count). The summed E-state index contributed by atoms with van der Waals surface area (Å²) in [5.74, 6) is 1.45. The number of alkyl halides is 2. The van der Waals surface area contributed by atoms with Crippen molar-refractivity contribution >= 4 is 0 Å². The number of nitrogens with one attached hydrogen (secondary N) is 1. The number of piperazine rings is 1. The predicted molar refractivity (Wildman–Crippen MR) is 58.6 cm³/mol. The van der Waals surface area contributed by atoms with Gasteiger partial charge in [0.15, 0.2) is 0 Å². The van der Waals surface area contributed by atoms with Gasteiger partial charge >= 0.3 is 0 Å². The van der Waals surface area contributed by atoms with E-state index in [4.69, 9.17) is 0 Å². The van der Waals surface area contributed by atoms with Crippen LogP contribution in [0.25, 0.3) is 0 Å². The minimum absolute atomic E-state index is 0.0218. The summed E-state index contributed by atoms with van der Waals surface area (Å²) in [5, 5.41) is 3.57. The smallest absolute Gasteiger partial charge is 0.251 e. The van der Waals surface area contributed by atoms with E-state index in [2.05, 4.69) is 10.2 Å². The van der Waals surface area contributed by atoms with Crippen LogP contribution in [0.5, 0.6) is 0 Å². The van der Waals surface area contributed by atoms with Gasteiger partial charge < -0.3 is 5.32 Å². The van der Waals surface area contributed by atoms with E-state index in [-0.39, 0.29) is 6.54 Å². The average molecular weight is 230 g/mol. The molecule has 4 heteroatoms. The molecular formula is C12H20F2N2. The highest BCUT2D eigenvalue weighted by Crippen LogP contribution is 2.39. The number of hydrogen-bond acceptors (Lipinski definition) is 2. The van der Waals surface area contributed by atoms with Crippen LogP contribution in [-0.2, 0) is 0 Å². The molecule has 2 nitrogen and oxygen atoms in total. The quantitative estimate of drug-likeness (QED) is 0.791. The van der Waals surface area contributed by atoms with Crippen molar-refractivity contribution in [1.29, 1.82) is 0 Å². The van der Waals surface area contributed by atoms with Gasteiger partial charge in [-0.05, 0) is 37.5 Å². The number of rotatable bonds is 4. The summed E-state index contributed by atoms with van der Waals surface area (Å²) >= 11 is 0. The van der Waals surface area contributed by atoms with Crippen molar-refractivity contribution in [3.63, 3.8) is 0 Å². The van der Waals surface area contributed by atoms with E-state index in [9.17, 15) is 8.78 Å². The summed E-state index contributed by atoms with van der Waals surface area (Å²) in [6.45, 7) is 1.75. The summed E-state index contributed by atoms with van der Waals surface area (Å²) in [7, 11) is 0. The maximum atomic E-state index is 12.6. The Balaban J connectivity index is 1.61. The lowest BCUT2D eigenvalue weighted by molar-refractivity contribution is 0.0334. The number of hydrogen-bond donors (Lipinski definition) is 1. The molecule has 2 aliphatic carbocycles. The first-order valence-electron chi connectivity index (χ1n) is 6.49. The molecule has 0 aromatic heterocycles. The SMILES string of the molecule is FC(F)CN1CC(C2CC2)NCC1C1CC1. The summed E-state index contributed by atoms with van der Waals surface area (Å²) < 4.78 is 25.1. The van der Waals surface area contributed by atoms with Crippen LogP contribution in [0.2, 0.25) is 0 Å². The molecule has 1 aliphatic heterocycles. The van der Waals surface area contributed by atoms with Crippen molar-refractivity contribution in [2.75, 3.05) is 19.6 Å². The molecule has 92 valence electrons. The number of nitrogens with zero attached hydrogens (tertiary/aromatic N) is 1. The van der Waals surface area contributed by atoms with Gasteiger partial charge in [0.05, 0.1) is 6.54 Å². The molecule has 0 aromatic carbocycles. The molecule has 1 heterocycles. The molecule has 0 bridgehead atoms. The third kappa shape index (κ3) is 2.38. The molecule has 2 atom stereocenters. The van der Waals surface area contributed by atoms with E-state index in [0.717, 1.165) is 19.0 Å². The monoisotopic (exact) mass is 230 g/mol. The second-order valence-corrected chi connectivity index (χ2v) is 5.60. The number of halogens is 2. The van der Waals surface area contributed by atoms with Crippen molar-refractivity contribution in [3.05, 3.63) is 0 Å². The first kappa shape index (κ1) is 10.9. The third-order valence-corrected chi connectivity index (χ3v) is 4.22. The summed E-state index contributed by atoms with van der Waals surface area (Å²) in [6, 6.07) is 0.859. The average Bonchev–Trinajstić information content (AvgIpc) is 3.11. The minimum Gasteiger partial charge on any atom is -0.311 e. The van der Waals surface area contributed by atoms with Crippen molar-refractivity contribution in [2.24, 2.45) is 11.8 Å². The van der Waals surface area contributed by atoms with Crippen LogP contribution in [0.15, 0.2) is 0 Å². The van der Waals surface area contributed by atoms with Gasteiger partial charge in [0, 0.05) is 25.2 Å². The normalized spacial score (nSPS) is 36.9. The Morgan fingerprint density at radius 1 is 1.12 bits per heavy atom. The van der Waals surface area contributed by atoms with E-state index in [1.54, 1.807) is 0 Å². The zero-order chi connectivity index (χ0) is 11.1. The van der Waals surface area contributed by atoms with Crippen LogP contribution in [0.3, 0.4) is 0 Å². The Labute approximate surface area is 95.4 Å². The van der Waals surface area contributed by atoms with Gasteiger partial charge in [0.1, 0.15) is 0 Å². The lowest BCUT2D eigenvalue weighted by atomic mass is 10.0. The first-order chi connectivity index (χ1) is 7.74. The van der Waals surface area contributed by atoms with E-state index in [0.29, 0.717) is 18.0 Å². The van der Waals surface area contributed by atoms with Crippen LogP contribution in [0.1, 0.15) is 25.7 Å². The lowest BCUT2D eigenvalue weighted by Gasteiger charge is -2.40. The van der Waals surface area contributed by atoms with E-state index in [1.807, 2.05) is 0 Å². The highest BCUT2D eigenvalue weighted by atomic mass is 19.3. The highest BCUT2D eigenvalue weighted by Gasteiger charge is 2.42. The molecule has 2 saturated carbocycles. The van der Waals surface area contributed by atoms with Crippen LogP contribution in [-0.4, -0.2) is 43.0 Å². The third-order valence-electron chi connectivity index (χ3n) is 4.22. The van der Waals surface area contributed by atoms with Gasteiger partial charge in [-0.2, -0.15) is 0 Å². The van der Waals surface area contributed by atoms with Gasteiger partial charge in [-0.1, -0.05) is 0 Å². The fourth-order valence-corrected chi connectivity index (χ4v) is 3.00. The highest BCUT2D eigenvalue weighted by molar-refractivity contribution is 4.99. The molecular weight excluding hydrogens is 210 g/mol. The largest absolute Gasteiger partial charge is 0.311 e. The van der Waals surface area contributed by atoms with Crippen LogP contribution in [0.4, 0.5) is 8.78 Å². The maximum Gasteiger partial charge on any atom is 0.251 e. The van der Waals surface area contributed by atoms with E-state index >= 15 is 0 Å². The van der Waals surface area contributed by atoms with Crippen molar-refractivity contribution < 1.29 is 8.78 Å². The van der Waals surface area contributed by atoms with Crippen LogP contribution >= 0.6 is 0 Å². The molecule has 1 saturated heterocycles. The molecule has 0 aromatic rings. The lowest BCUT2D eigenvalue weighted by Crippen LogP contribution is -2.58. The fraction of sp³-hybridized carbons (Fsp3) is 1.00. The van der Waals surface area contributed by atoms with Gasteiger partial charge in [0.2, 0.25) is 0 Å². The predicted octanol–water partition coefficient (Wildman–Crippen LogP) is 1.71. The molecule has 3 fully saturated rings. The molecule has 16 heavy (non-hydrogen) atoms. The second-order valence-electron chi connectivity index (χ2n) is 5.60. The molecule has 2 unspecified atom stereocenters. The van der Waals surface area contributed by atoms with Gasteiger partial charge in [-0.25, -0.2) is 8.78 Å². The fourth-order valence-electron chi connectivity index (χ4n) is 3.00. The molecule has 0 radical (unpaired) electrons. The van der Waals surface area contributed by atoms with Gasteiger partial charge in [-0.3, -0.25) is 4.90 Å². The van der Waals surface area contributed by atoms with Crippen molar-refractivity contribution in [1.82, 2.24) is 10.2 Å². The van der Waals surface area contributed by atoms with Crippen LogP contribution < -0.4 is 5.32 Å². The van der Waals surface area contributed by atoms with E-state index < -0.39 is 6.43 Å². The Morgan fingerprint density at radius 2 is 1.81 bits per heavy atom. The molecule has 1 N–H and O–H groups in total. The topological polar surface area (TPSA) is 15.3 Å². The van der Waals surface area contributed by atoms with Gasteiger partial charge in [0.25, 0.3) is 6.43 Å². The molecule has 3 aliphatic rings. The summed E-state index contributed by atoms with van der Waals surface area (Å²) in [6.07, 6.45) is 2.86. The zero-order valence-corrected chi connectivity index (χ0v) is 9.54. The molecule has 0 amide bonds. The minimum atomic E-state index is -2.18. The van der Waals surface area contributed by atoms with Crippen molar-refractivity contribution in [2.45, 2.75) is 44.2 Å². The zero-order valence-electron chi connectivity index (χ0n) is 9.54. The Hall–Kier alpha value is -0.220. The standard InChI is InChI=1S/C12H20F2N2/c13-12(14)7-16-6-10(8-1-2-8)15-5-11(16)9-3-4-9/h8-12,15H,1-7H2. The maximum absolute atomic E-state index is 12.6. The summed E-state index contributed by atoms with van der Waals surface area (Å²) in [4.78, 5) is 2.06. The summed E-state index contributed by atoms with van der Waals surface area (Å²) in [5.41, 5.74) is 0.